The smallest absolute Gasteiger partial charge is 0.323 e. The van der Waals surface area contributed by atoms with Crippen LogP contribution in [0.4, 0.5) is 0 Å². The molecule has 1 unspecified atom stereocenters. The number of hydrogen-bond acceptors (Lipinski definition) is 5. The lowest BCUT2D eigenvalue weighted by Crippen LogP contribution is -2.33. The molecule has 0 fully saturated rings. The Kier molecular flexibility index (Phi) is 7.70. The number of esters is 1. The minimum atomic E-state index is -0.549. The van der Waals surface area contributed by atoms with E-state index in [-0.39, 0.29) is 5.97 Å². The third kappa shape index (κ3) is 6.71. The molecule has 0 aliphatic carbocycles. The second-order valence-corrected chi connectivity index (χ2v) is 5.45. The fourth-order valence-corrected chi connectivity index (χ4v) is 2.32. The van der Waals surface area contributed by atoms with E-state index >= 15 is 0 Å². The lowest BCUT2D eigenvalue weighted by atomic mass is 10.3. The van der Waals surface area contributed by atoms with Gasteiger partial charge in [0.25, 0.3) is 0 Å². The Morgan fingerprint density at radius 3 is 2.74 bits per heavy atom. The lowest BCUT2D eigenvalue weighted by molar-refractivity contribution is -0.141. The Hall–Kier alpha value is -0.910. The molecule has 0 amide bonds. The van der Waals surface area contributed by atoms with Gasteiger partial charge in [0.2, 0.25) is 0 Å². The van der Waals surface area contributed by atoms with E-state index in [0.29, 0.717) is 17.4 Å². The van der Waals surface area contributed by atoms with E-state index in [9.17, 15) is 4.79 Å². The molecule has 19 heavy (non-hydrogen) atoms. The van der Waals surface area contributed by atoms with Crippen LogP contribution < -0.4 is 10.5 Å². The number of halogens is 1. The van der Waals surface area contributed by atoms with Crippen LogP contribution in [-0.2, 0) is 9.53 Å². The number of benzene rings is 1. The molecule has 1 atom stereocenters. The first-order valence-electron chi connectivity index (χ1n) is 5.93. The van der Waals surface area contributed by atoms with Crippen molar-refractivity contribution >= 4 is 29.3 Å². The van der Waals surface area contributed by atoms with Gasteiger partial charge in [-0.15, -0.1) is 0 Å². The fraction of sp³-hybridized carbons (Fsp3) is 0.462. The SMILES string of the molecule is COC(=O)C(N)CSCCCOc1ccc(Cl)cc1. The first-order chi connectivity index (χ1) is 9.13. The van der Waals surface area contributed by atoms with E-state index in [2.05, 4.69) is 4.74 Å². The van der Waals surface area contributed by atoms with Gasteiger partial charge in [0.05, 0.1) is 13.7 Å². The Bertz CT molecular complexity index is 386. The van der Waals surface area contributed by atoms with Crippen LogP contribution >= 0.6 is 23.4 Å². The van der Waals surface area contributed by atoms with Gasteiger partial charge in [-0.2, -0.15) is 11.8 Å². The van der Waals surface area contributed by atoms with Crippen molar-refractivity contribution in [1.82, 2.24) is 0 Å². The summed E-state index contributed by atoms with van der Waals surface area (Å²) < 4.78 is 10.1. The van der Waals surface area contributed by atoms with Gasteiger partial charge >= 0.3 is 5.97 Å². The summed E-state index contributed by atoms with van der Waals surface area (Å²) in [6.45, 7) is 0.627. The average molecular weight is 304 g/mol. The molecule has 6 heteroatoms. The molecule has 4 nitrogen and oxygen atoms in total. The van der Waals surface area contributed by atoms with E-state index in [1.807, 2.05) is 12.1 Å². The summed E-state index contributed by atoms with van der Waals surface area (Å²) in [5, 5.41) is 0.694. The maximum atomic E-state index is 11.0. The van der Waals surface area contributed by atoms with Crippen LogP contribution in [0.15, 0.2) is 24.3 Å². The van der Waals surface area contributed by atoms with E-state index in [4.69, 9.17) is 22.1 Å². The van der Waals surface area contributed by atoms with Crippen molar-refractivity contribution in [2.75, 3.05) is 25.2 Å². The van der Waals surface area contributed by atoms with Crippen molar-refractivity contribution < 1.29 is 14.3 Å². The minimum Gasteiger partial charge on any atom is -0.494 e. The van der Waals surface area contributed by atoms with E-state index in [1.165, 1.54) is 7.11 Å². The van der Waals surface area contributed by atoms with Gasteiger partial charge in [-0.1, -0.05) is 11.6 Å². The Morgan fingerprint density at radius 2 is 2.11 bits per heavy atom. The largest absolute Gasteiger partial charge is 0.494 e. The number of carbonyl (C=O) groups is 1. The second kappa shape index (κ2) is 9.07. The standard InChI is InChI=1S/C13H18ClNO3S/c1-17-13(16)12(15)9-19-8-2-7-18-11-5-3-10(14)4-6-11/h3-6,12H,2,7-9,15H2,1H3. The number of thioether (sulfide) groups is 1. The maximum absolute atomic E-state index is 11.0. The summed E-state index contributed by atoms with van der Waals surface area (Å²) in [6.07, 6.45) is 0.890. The highest BCUT2D eigenvalue weighted by Crippen LogP contribution is 2.15. The molecule has 0 radical (unpaired) electrons. The zero-order chi connectivity index (χ0) is 14.1. The maximum Gasteiger partial charge on any atom is 0.323 e. The van der Waals surface area contributed by atoms with Crippen LogP contribution in [0.5, 0.6) is 5.75 Å². The molecule has 0 spiro atoms. The number of methoxy groups -OCH3 is 1. The zero-order valence-corrected chi connectivity index (χ0v) is 12.4. The van der Waals surface area contributed by atoms with Gasteiger partial charge in [0.15, 0.2) is 0 Å². The highest BCUT2D eigenvalue weighted by Gasteiger charge is 2.12. The third-order valence-corrected chi connectivity index (χ3v) is 3.74. The zero-order valence-electron chi connectivity index (χ0n) is 10.8. The van der Waals surface area contributed by atoms with Gasteiger partial charge < -0.3 is 15.2 Å². The molecule has 2 N–H and O–H groups in total. The van der Waals surface area contributed by atoms with Crippen molar-refractivity contribution in [3.8, 4) is 5.75 Å². The van der Waals surface area contributed by atoms with Crippen LogP contribution in [0.25, 0.3) is 0 Å². The molecule has 0 bridgehead atoms. The van der Waals surface area contributed by atoms with Gasteiger partial charge in [0.1, 0.15) is 11.8 Å². The molecule has 1 aromatic rings. The summed E-state index contributed by atoms with van der Waals surface area (Å²) in [6, 6.07) is 6.71. The predicted molar refractivity (Wildman–Crippen MR) is 78.9 cm³/mol. The number of carbonyl (C=O) groups excluding carboxylic acids is 1. The van der Waals surface area contributed by atoms with Crippen LogP contribution in [0.2, 0.25) is 5.02 Å². The lowest BCUT2D eigenvalue weighted by Gasteiger charge is -2.09. The van der Waals surface area contributed by atoms with Crippen LogP contribution in [0.1, 0.15) is 6.42 Å². The summed E-state index contributed by atoms with van der Waals surface area (Å²) >= 11 is 7.39. The van der Waals surface area contributed by atoms with Gasteiger partial charge in [-0.3, -0.25) is 4.79 Å². The molecule has 0 heterocycles. The molecule has 1 aromatic carbocycles. The van der Waals surface area contributed by atoms with Crippen molar-refractivity contribution in [3.63, 3.8) is 0 Å². The van der Waals surface area contributed by atoms with Crippen molar-refractivity contribution in [2.45, 2.75) is 12.5 Å². The summed E-state index contributed by atoms with van der Waals surface area (Å²) in [5.74, 6) is 1.89. The highest BCUT2D eigenvalue weighted by atomic mass is 35.5. The summed E-state index contributed by atoms with van der Waals surface area (Å²) in [4.78, 5) is 11.0. The molecular weight excluding hydrogens is 286 g/mol. The molecule has 0 aliphatic heterocycles. The molecule has 0 saturated heterocycles. The molecule has 0 aromatic heterocycles. The van der Waals surface area contributed by atoms with E-state index < -0.39 is 6.04 Å². The minimum absolute atomic E-state index is 0.370. The normalized spacial score (nSPS) is 11.9. The Morgan fingerprint density at radius 1 is 1.42 bits per heavy atom. The Balaban J connectivity index is 2.05. The number of rotatable bonds is 8. The topological polar surface area (TPSA) is 61.5 Å². The quantitative estimate of drug-likeness (QED) is 0.590. The summed E-state index contributed by atoms with van der Waals surface area (Å²) in [5.41, 5.74) is 5.61. The first kappa shape index (κ1) is 16.1. The van der Waals surface area contributed by atoms with Crippen molar-refractivity contribution in [2.24, 2.45) is 5.73 Å². The molecule has 106 valence electrons. The molecule has 0 saturated carbocycles. The van der Waals surface area contributed by atoms with Gasteiger partial charge in [-0.25, -0.2) is 0 Å². The number of hydrogen-bond donors (Lipinski definition) is 1. The van der Waals surface area contributed by atoms with E-state index in [0.717, 1.165) is 17.9 Å². The number of nitrogens with two attached hydrogens (primary N) is 1. The Labute approximate surface area is 122 Å². The second-order valence-electron chi connectivity index (χ2n) is 3.86. The molecule has 1 rings (SSSR count). The van der Waals surface area contributed by atoms with E-state index in [1.54, 1.807) is 23.9 Å². The fourth-order valence-electron chi connectivity index (χ4n) is 1.31. The van der Waals surface area contributed by atoms with Crippen LogP contribution in [0, 0.1) is 0 Å². The number of ether oxygens (including phenoxy) is 2. The summed E-state index contributed by atoms with van der Waals surface area (Å²) in [7, 11) is 1.34. The van der Waals surface area contributed by atoms with Crippen molar-refractivity contribution in [1.29, 1.82) is 0 Å². The van der Waals surface area contributed by atoms with Gasteiger partial charge in [0, 0.05) is 10.8 Å². The third-order valence-electron chi connectivity index (χ3n) is 2.32. The van der Waals surface area contributed by atoms with Gasteiger partial charge in [-0.05, 0) is 36.4 Å². The first-order valence-corrected chi connectivity index (χ1v) is 7.46. The highest BCUT2D eigenvalue weighted by molar-refractivity contribution is 7.99. The average Bonchev–Trinajstić information content (AvgIpc) is 2.43. The predicted octanol–water partition coefficient (Wildman–Crippen LogP) is 2.34. The molecular formula is C13H18ClNO3S. The van der Waals surface area contributed by atoms with Crippen LogP contribution in [-0.4, -0.2) is 37.2 Å². The van der Waals surface area contributed by atoms with Crippen LogP contribution in [0.3, 0.4) is 0 Å². The van der Waals surface area contributed by atoms with Crippen molar-refractivity contribution in [3.05, 3.63) is 29.3 Å². The molecule has 0 aliphatic rings. The monoisotopic (exact) mass is 303 g/mol.